The van der Waals surface area contributed by atoms with Crippen LogP contribution in [0.2, 0.25) is 0 Å². The van der Waals surface area contributed by atoms with E-state index >= 15 is 0 Å². The fourth-order valence-electron chi connectivity index (χ4n) is 1.45. The molecule has 0 aliphatic heterocycles. The molecule has 1 fully saturated rings. The summed E-state index contributed by atoms with van der Waals surface area (Å²) in [7, 11) is 0. The SMILES string of the molecule is O=C(CNc1cc(F)ccc1Br)NCC1CC1. The number of anilines is 1. The van der Waals surface area contributed by atoms with Gasteiger partial charge in [0, 0.05) is 11.0 Å². The molecular weight excluding hydrogens is 287 g/mol. The minimum absolute atomic E-state index is 0.0620. The number of carbonyl (C=O) groups excluding carboxylic acids is 1. The van der Waals surface area contributed by atoms with Crippen LogP contribution in [-0.4, -0.2) is 19.0 Å². The van der Waals surface area contributed by atoms with Gasteiger partial charge in [-0.2, -0.15) is 0 Å². The van der Waals surface area contributed by atoms with Crippen molar-refractivity contribution in [1.29, 1.82) is 0 Å². The average Bonchev–Trinajstić information content (AvgIpc) is 3.11. The van der Waals surface area contributed by atoms with Gasteiger partial charge in [0.05, 0.1) is 12.2 Å². The number of amides is 1. The number of halogens is 2. The summed E-state index contributed by atoms with van der Waals surface area (Å²) < 4.78 is 13.7. The van der Waals surface area contributed by atoms with Gasteiger partial charge in [0.15, 0.2) is 0 Å². The maximum absolute atomic E-state index is 13.0. The Labute approximate surface area is 108 Å². The summed E-state index contributed by atoms with van der Waals surface area (Å²) in [6, 6.07) is 4.33. The Morgan fingerprint density at radius 1 is 1.47 bits per heavy atom. The largest absolute Gasteiger partial charge is 0.375 e. The van der Waals surface area contributed by atoms with E-state index < -0.39 is 0 Å². The van der Waals surface area contributed by atoms with Crippen molar-refractivity contribution in [2.75, 3.05) is 18.4 Å². The highest BCUT2D eigenvalue weighted by molar-refractivity contribution is 9.10. The fourth-order valence-corrected chi connectivity index (χ4v) is 1.84. The lowest BCUT2D eigenvalue weighted by Gasteiger charge is -2.09. The molecule has 1 aliphatic rings. The first-order valence-corrected chi connectivity index (χ1v) is 6.40. The third kappa shape index (κ3) is 4.00. The van der Waals surface area contributed by atoms with E-state index in [-0.39, 0.29) is 18.3 Å². The van der Waals surface area contributed by atoms with Crippen molar-refractivity contribution in [3.63, 3.8) is 0 Å². The Bertz CT molecular complexity index is 421. The molecule has 2 rings (SSSR count). The van der Waals surface area contributed by atoms with Crippen molar-refractivity contribution in [2.45, 2.75) is 12.8 Å². The molecule has 0 bridgehead atoms. The molecule has 0 radical (unpaired) electrons. The quantitative estimate of drug-likeness (QED) is 0.877. The Morgan fingerprint density at radius 2 is 2.24 bits per heavy atom. The number of rotatable bonds is 5. The van der Waals surface area contributed by atoms with E-state index in [1.165, 1.54) is 25.0 Å². The van der Waals surface area contributed by atoms with Crippen LogP contribution in [-0.2, 0) is 4.79 Å². The molecule has 0 atom stereocenters. The molecule has 0 unspecified atom stereocenters. The Kier molecular flexibility index (Phi) is 3.99. The van der Waals surface area contributed by atoms with E-state index in [0.29, 0.717) is 11.6 Å². The average molecular weight is 301 g/mol. The summed E-state index contributed by atoms with van der Waals surface area (Å²) in [5.41, 5.74) is 0.589. The predicted molar refractivity (Wildman–Crippen MR) is 68.3 cm³/mol. The fraction of sp³-hybridized carbons (Fsp3) is 0.417. The summed E-state index contributed by atoms with van der Waals surface area (Å²) in [6.07, 6.45) is 2.42. The van der Waals surface area contributed by atoms with Gasteiger partial charge in [0.2, 0.25) is 5.91 Å². The standard InChI is InChI=1S/C12H14BrFN2O/c13-10-4-3-9(14)5-11(10)15-7-12(17)16-6-8-1-2-8/h3-5,8,15H,1-2,6-7H2,(H,16,17). The first-order valence-electron chi connectivity index (χ1n) is 5.61. The summed E-state index contributed by atoms with van der Waals surface area (Å²) in [5.74, 6) is 0.280. The van der Waals surface area contributed by atoms with Crippen molar-refractivity contribution in [3.8, 4) is 0 Å². The molecule has 0 saturated heterocycles. The van der Waals surface area contributed by atoms with E-state index in [4.69, 9.17) is 0 Å². The highest BCUT2D eigenvalue weighted by Crippen LogP contribution is 2.27. The zero-order valence-electron chi connectivity index (χ0n) is 9.30. The van der Waals surface area contributed by atoms with Crippen molar-refractivity contribution in [3.05, 3.63) is 28.5 Å². The predicted octanol–water partition coefficient (Wildman–Crippen LogP) is 2.53. The highest BCUT2D eigenvalue weighted by Gasteiger charge is 2.21. The number of nitrogens with one attached hydrogen (secondary N) is 2. The van der Waals surface area contributed by atoms with Crippen LogP contribution in [0.25, 0.3) is 0 Å². The van der Waals surface area contributed by atoms with Crippen molar-refractivity contribution >= 4 is 27.5 Å². The van der Waals surface area contributed by atoms with E-state index in [2.05, 4.69) is 26.6 Å². The van der Waals surface area contributed by atoms with Gasteiger partial charge < -0.3 is 10.6 Å². The molecule has 17 heavy (non-hydrogen) atoms. The number of carbonyl (C=O) groups is 1. The van der Waals surface area contributed by atoms with Gasteiger partial charge in [-0.25, -0.2) is 4.39 Å². The molecular formula is C12H14BrFN2O. The first kappa shape index (κ1) is 12.4. The molecule has 2 N–H and O–H groups in total. The normalized spacial score (nSPS) is 14.5. The van der Waals surface area contributed by atoms with Crippen molar-refractivity contribution in [1.82, 2.24) is 5.32 Å². The van der Waals surface area contributed by atoms with Crippen LogP contribution < -0.4 is 10.6 Å². The van der Waals surface area contributed by atoms with Gasteiger partial charge in [-0.1, -0.05) is 0 Å². The van der Waals surface area contributed by atoms with Crippen LogP contribution in [0, 0.1) is 11.7 Å². The molecule has 1 aliphatic carbocycles. The van der Waals surface area contributed by atoms with E-state index in [9.17, 15) is 9.18 Å². The van der Waals surface area contributed by atoms with E-state index in [1.54, 1.807) is 6.07 Å². The molecule has 3 nitrogen and oxygen atoms in total. The van der Waals surface area contributed by atoms with Crippen LogP contribution in [0.3, 0.4) is 0 Å². The molecule has 1 aromatic carbocycles. The van der Waals surface area contributed by atoms with Crippen LogP contribution in [0.15, 0.2) is 22.7 Å². The summed E-state index contributed by atoms with van der Waals surface area (Å²) in [5, 5.41) is 5.74. The van der Waals surface area contributed by atoms with Gasteiger partial charge in [-0.15, -0.1) is 0 Å². The van der Waals surface area contributed by atoms with E-state index in [0.717, 1.165) is 11.0 Å². The van der Waals surface area contributed by atoms with Crippen molar-refractivity contribution < 1.29 is 9.18 Å². The zero-order valence-corrected chi connectivity index (χ0v) is 10.9. The molecule has 1 amide bonds. The lowest BCUT2D eigenvalue weighted by atomic mass is 10.3. The summed E-state index contributed by atoms with van der Waals surface area (Å²) >= 11 is 3.29. The van der Waals surface area contributed by atoms with E-state index in [1.807, 2.05) is 0 Å². The maximum Gasteiger partial charge on any atom is 0.239 e. The second-order valence-electron chi connectivity index (χ2n) is 4.23. The summed E-state index contributed by atoms with van der Waals surface area (Å²) in [4.78, 5) is 11.5. The Morgan fingerprint density at radius 3 is 2.94 bits per heavy atom. The van der Waals surface area contributed by atoms with Gasteiger partial charge >= 0.3 is 0 Å². The first-order chi connectivity index (χ1) is 8.15. The molecule has 1 aromatic rings. The number of hydrogen-bond donors (Lipinski definition) is 2. The third-order valence-electron chi connectivity index (χ3n) is 2.65. The molecule has 1 saturated carbocycles. The summed E-state index contributed by atoms with van der Waals surface area (Å²) in [6.45, 7) is 0.916. The maximum atomic E-state index is 13.0. The van der Waals surface area contributed by atoms with Crippen LogP contribution >= 0.6 is 15.9 Å². The highest BCUT2D eigenvalue weighted by atomic mass is 79.9. The second-order valence-corrected chi connectivity index (χ2v) is 5.08. The molecule has 0 heterocycles. The lowest BCUT2D eigenvalue weighted by molar-refractivity contribution is -0.119. The van der Waals surface area contributed by atoms with Gasteiger partial charge in [0.1, 0.15) is 5.82 Å². The number of hydrogen-bond acceptors (Lipinski definition) is 2. The zero-order chi connectivity index (χ0) is 12.3. The Hall–Kier alpha value is -1.10. The van der Waals surface area contributed by atoms with Crippen molar-refractivity contribution in [2.24, 2.45) is 5.92 Å². The van der Waals surface area contributed by atoms with Crippen LogP contribution in [0.1, 0.15) is 12.8 Å². The van der Waals surface area contributed by atoms with Crippen LogP contribution in [0.4, 0.5) is 10.1 Å². The molecule has 92 valence electrons. The van der Waals surface area contributed by atoms with Gasteiger partial charge in [-0.3, -0.25) is 4.79 Å². The van der Waals surface area contributed by atoms with Crippen LogP contribution in [0.5, 0.6) is 0 Å². The minimum atomic E-state index is -0.325. The molecule has 5 heteroatoms. The number of benzene rings is 1. The Balaban J connectivity index is 1.79. The topological polar surface area (TPSA) is 41.1 Å². The second kappa shape index (κ2) is 5.49. The molecule has 0 aromatic heterocycles. The smallest absolute Gasteiger partial charge is 0.239 e. The molecule has 0 spiro atoms. The lowest BCUT2D eigenvalue weighted by Crippen LogP contribution is -2.31. The monoisotopic (exact) mass is 300 g/mol. The van der Waals surface area contributed by atoms with Gasteiger partial charge in [0.25, 0.3) is 0 Å². The van der Waals surface area contributed by atoms with Gasteiger partial charge in [-0.05, 0) is 52.9 Å². The third-order valence-corrected chi connectivity index (χ3v) is 3.34. The minimum Gasteiger partial charge on any atom is -0.375 e.